The van der Waals surface area contributed by atoms with E-state index in [4.69, 9.17) is 14.2 Å². The van der Waals surface area contributed by atoms with Crippen LogP contribution in [0.3, 0.4) is 0 Å². The fourth-order valence-electron chi connectivity index (χ4n) is 4.00. The van der Waals surface area contributed by atoms with Crippen LogP contribution in [0.4, 0.5) is 0 Å². The quantitative estimate of drug-likeness (QED) is 0.738. The van der Waals surface area contributed by atoms with E-state index in [-0.39, 0.29) is 11.9 Å². The number of hydrogen-bond acceptors (Lipinski definition) is 5. The van der Waals surface area contributed by atoms with E-state index in [1.807, 2.05) is 0 Å². The summed E-state index contributed by atoms with van der Waals surface area (Å²) in [6.07, 6.45) is 2.13. The number of amides is 1. The Hall–Kier alpha value is -2.73. The maximum atomic E-state index is 12.9. The first kappa shape index (κ1) is 21.0. The van der Waals surface area contributed by atoms with E-state index in [2.05, 4.69) is 41.4 Å². The van der Waals surface area contributed by atoms with Gasteiger partial charge in [-0.1, -0.05) is 31.2 Å². The zero-order valence-corrected chi connectivity index (χ0v) is 17.7. The van der Waals surface area contributed by atoms with E-state index in [0.717, 1.165) is 25.9 Å². The van der Waals surface area contributed by atoms with Crippen molar-refractivity contribution in [2.24, 2.45) is 0 Å². The number of carbonyl (C=O) groups is 1. The van der Waals surface area contributed by atoms with E-state index >= 15 is 0 Å². The van der Waals surface area contributed by atoms with Gasteiger partial charge in [0.15, 0.2) is 11.5 Å². The van der Waals surface area contributed by atoms with Crippen LogP contribution in [0.1, 0.15) is 40.9 Å². The molecule has 0 radical (unpaired) electrons. The number of rotatable bonds is 8. The van der Waals surface area contributed by atoms with Crippen molar-refractivity contribution in [1.82, 2.24) is 10.2 Å². The molecule has 0 aliphatic carbocycles. The van der Waals surface area contributed by atoms with E-state index in [0.29, 0.717) is 29.4 Å². The minimum absolute atomic E-state index is 0.163. The molecule has 2 aromatic rings. The monoisotopic (exact) mass is 398 g/mol. The first-order chi connectivity index (χ1) is 14.1. The minimum Gasteiger partial charge on any atom is -0.493 e. The normalized spacial score (nSPS) is 16.1. The van der Waals surface area contributed by atoms with E-state index in [1.54, 1.807) is 33.5 Å². The number of benzene rings is 2. The summed E-state index contributed by atoms with van der Waals surface area (Å²) < 4.78 is 16.1. The average molecular weight is 399 g/mol. The lowest BCUT2D eigenvalue weighted by Crippen LogP contribution is -2.42. The van der Waals surface area contributed by atoms with Crippen molar-refractivity contribution in [2.75, 3.05) is 41.0 Å². The van der Waals surface area contributed by atoms with Crippen molar-refractivity contribution in [1.29, 1.82) is 0 Å². The Labute approximate surface area is 172 Å². The van der Waals surface area contributed by atoms with Gasteiger partial charge < -0.3 is 19.5 Å². The van der Waals surface area contributed by atoms with Crippen molar-refractivity contribution in [3.63, 3.8) is 0 Å². The van der Waals surface area contributed by atoms with Gasteiger partial charge in [0.1, 0.15) is 0 Å². The first-order valence-electron chi connectivity index (χ1n) is 10.0. The van der Waals surface area contributed by atoms with Crippen LogP contribution in [0.5, 0.6) is 17.2 Å². The standard InChI is InChI=1S/C23H30N2O4/c1-5-11-25-12-10-16-8-6-7-9-18(16)19(25)15-24-23(26)17-13-20(27-2)22(29-4)21(14-17)28-3/h6-9,13-14,19H,5,10-12,15H2,1-4H3,(H,24,26). The van der Waals surface area contributed by atoms with E-state index < -0.39 is 0 Å². The third kappa shape index (κ3) is 4.48. The Morgan fingerprint density at radius 3 is 2.41 bits per heavy atom. The van der Waals surface area contributed by atoms with Crippen molar-refractivity contribution >= 4 is 5.91 Å². The molecular formula is C23H30N2O4. The van der Waals surface area contributed by atoms with E-state index in [9.17, 15) is 4.79 Å². The number of hydrogen-bond donors (Lipinski definition) is 1. The average Bonchev–Trinajstić information content (AvgIpc) is 2.76. The summed E-state index contributed by atoms with van der Waals surface area (Å²) in [6, 6.07) is 12.0. The molecule has 0 aromatic heterocycles. The topological polar surface area (TPSA) is 60.0 Å². The third-order valence-corrected chi connectivity index (χ3v) is 5.42. The Morgan fingerprint density at radius 1 is 1.10 bits per heavy atom. The largest absolute Gasteiger partial charge is 0.493 e. The summed E-state index contributed by atoms with van der Waals surface area (Å²) in [7, 11) is 4.63. The second-order valence-corrected chi connectivity index (χ2v) is 7.12. The molecule has 1 amide bonds. The van der Waals surface area contributed by atoms with Crippen molar-refractivity contribution in [3.05, 3.63) is 53.1 Å². The van der Waals surface area contributed by atoms with Crippen LogP contribution >= 0.6 is 0 Å². The molecule has 0 saturated heterocycles. The van der Waals surface area contributed by atoms with Crippen LogP contribution in [0.15, 0.2) is 36.4 Å². The molecule has 0 bridgehead atoms. The minimum atomic E-state index is -0.163. The molecule has 0 saturated carbocycles. The molecule has 1 heterocycles. The molecule has 29 heavy (non-hydrogen) atoms. The molecule has 3 rings (SSSR count). The Balaban J connectivity index is 1.80. The summed E-state index contributed by atoms with van der Waals surface area (Å²) >= 11 is 0. The molecule has 1 unspecified atom stereocenters. The molecule has 1 N–H and O–H groups in total. The molecule has 0 spiro atoms. The third-order valence-electron chi connectivity index (χ3n) is 5.42. The van der Waals surface area contributed by atoms with E-state index in [1.165, 1.54) is 11.1 Å². The second kappa shape index (κ2) is 9.65. The Morgan fingerprint density at radius 2 is 1.79 bits per heavy atom. The van der Waals surface area contributed by atoms with Crippen LogP contribution in [0.25, 0.3) is 0 Å². The maximum Gasteiger partial charge on any atom is 0.251 e. The number of nitrogens with one attached hydrogen (secondary N) is 1. The first-order valence-corrected chi connectivity index (χ1v) is 10.0. The smallest absolute Gasteiger partial charge is 0.251 e. The van der Waals surface area contributed by atoms with Gasteiger partial charge in [-0.25, -0.2) is 0 Å². The zero-order valence-electron chi connectivity index (χ0n) is 17.7. The number of fused-ring (bicyclic) bond motifs is 1. The van der Waals surface area contributed by atoms with Crippen molar-refractivity contribution in [2.45, 2.75) is 25.8 Å². The summed E-state index contributed by atoms with van der Waals surface area (Å²) in [5.41, 5.74) is 3.15. The highest BCUT2D eigenvalue weighted by molar-refractivity contribution is 5.95. The molecule has 0 fully saturated rings. The van der Waals surface area contributed by atoms with Gasteiger partial charge in [0.05, 0.1) is 27.4 Å². The lowest BCUT2D eigenvalue weighted by Gasteiger charge is -2.37. The predicted molar refractivity (Wildman–Crippen MR) is 113 cm³/mol. The number of carbonyl (C=O) groups excluding carboxylic acids is 1. The Kier molecular flexibility index (Phi) is 6.99. The van der Waals surface area contributed by atoms with Gasteiger partial charge in [-0.05, 0) is 42.6 Å². The molecule has 6 nitrogen and oxygen atoms in total. The van der Waals surface area contributed by atoms with Crippen LogP contribution in [-0.4, -0.2) is 51.8 Å². The van der Waals surface area contributed by atoms with Gasteiger partial charge in [-0.2, -0.15) is 0 Å². The Bertz CT molecular complexity index is 828. The highest BCUT2D eigenvalue weighted by atomic mass is 16.5. The van der Waals surface area contributed by atoms with Gasteiger partial charge in [-0.15, -0.1) is 0 Å². The molecular weight excluding hydrogens is 368 g/mol. The SMILES string of the molecule is CCCN1CCc2ccccc2C1CNC(=O)c1cc(OC)c(OC)c(OC)c1. The van der Waals surface area contributed by atoms with Crippen molar-refractivity contribution in [3.8, 4) is 17.2 Å². The molecule has 1 aliphatic heterocycles. The lowest BCUT2D eigenvalue weighted by atomic mass is 9.92. The lowest BCUT2D eigenvalue weighted by molar-refractivity contribution is 0.0928. The summed E-state index contributed by atoms with van der Waals surface area (Å²) in [5, 5.41) is 3.11. The van der Waals surface area contributed by atoms with Gasteiger partial charge in [0, 0.05) is 18.7 Å². The molecule has 1 atom stereocenters. The highest BCUT2D eigenvalue weighted by Crippen LogP contribution is 2.38. The van der Waals surface area contributed by atoms with Gasteiger partial charge in [-0.3, -0.25) is 9.69 Å². The van der Waals surface area contributed by atoms with Crippen LogP contribution in [0.2, 0.25) is 0 Å². The molecule has 1 aliphatic rings. The molecule has 156 valence electrons. The highest BCUT2D eigenvalue weighted by Gasteiger charge is 2.27. The fourth-order valence-corrected chi connectivity index (χ4v) is 4.00. The van der Waals surface area contributed by atoms with Gasteiger partial charge in [0.2, 0.25) is 5.75 Å². The second-order valence-electron chi connectivity index (χ2n) is 7.12. The summed E-state index contributed by atoms with van der Waals surface area (Å²) in [6.45, 7) is 4.76. The number of nitrogens with zero attached hydrogens (tertiary/aromatic N) is 1. The predicted octanol–water partition coefficient (Wildman–Crippen LogP) is 3.45. The fraction of sp³-hybridized carbons (Fsp3) is 0.435. The van der Waals surface area contributed by atoms with Crippen LogP contribution in [0, 0.1) is 0 Å². The maximum absolute atomic E-state index is 12.9. The molecule has 2 aromatic carbocycles. The van der Waals surface area contributed by atoms with Crippen LogP contribution in [-0.2, 0) is 6.42 Å². The zero-order chi connectivity index (χ0) is 20.8. The van der Waals surface area contributed by atoms with Gasteiger partial charge >= 0.3 is 0 Å². The summed E-state index contributed by atoms with van der Waals surface area (Å²) in [4.78, 5) is 15.4. The van der Waals surface area contributed by atoms with Crippen LogP contribution < -0.4 is 19.5 Å². The number of ether oxygens (including phenoxy) is 3. The van der Waals surface area contributed by atoms with Gasteiger partial charge in [0.25, 0.3) is 5.91 Å². The van der Waals surface area contributed by atoms with Crippen molar-refractivity contribution < 1.29 is 19.0 Å². The number of methoxy groups -OCH3 is 3. The summed E-state index contributed by atoms with van der Waals surface area (Å²) in [5.74, 6) is 1.24. The molecule has 6 heteroatoms.